The van der Waals surface area contributed by atoms with E-state index >= 15 is 0 Å². The van der Waals surface area contributed by atoms with E-state index in [2.05, 4.69) is 34.9 Å². The van der Waals surface area contributed by atoms with E-state index in [0.717, 1.165) is 30.0 Å². The van der Waals surface area contributed by atoms with Gasteiger partial charge in [-0.05, 0) is 33.2 Å². The third-order valence-electron chi connectivity index (χ3n) is 5.33. The maximum Gasteiger partial charge on any atom is 0.142 e. The summed E-state index contributed by atoms with van der Waals surface area (Å²) in [5, 5.41) is 10.1. The van der Waals surface area contributed by atoms with E-state index in [9.17, 15) is 5.26 Å². The number of hydrogen-bond acceptors (Lipinski definition) is 5. The van der Waals surface area contributed by atoms with E-state index in [1.807, 2.05) is 20.2 Å². The third-order valence-corrected chi connectivity index (χ3v) is 5.33. The van der Waals surface area contributed by atoms with Crippen LogP contribution in [0.2, 0.25) is 0 Å². The first-order chi connectivity index (χ1) is 10.5. The number of likely N-dealkylation sites (N-methyl/N-ethyl adjacent to an activating group) is 2. The Morgan fingerprint density at radius 2 is 2.09 bits per heavy atom. The molecule has 0 bridgehead atoms. The van der Waals surface area contributed by atoms with Crippen LogP contribution in [0, 0.1) is 23.7 Å². The van der Waals surface area contributed by atoms with Gasteiger partial charge in [-0.3, -0.25) is 4.90 Å². The molecule has 0 aromatic heterocycles. The fourth-order valence-electron chi connectivity index (χ4n) is 4.33. The number of nitrogens with zero attached hydrogens (tertiary/aromatic N) is 3. The highest BCUT2D eigenvalue weighted by Crippen LogP contribution is 2.57. The van der Waals surface area contributed by atoms with E-state index < -0.39 is 11.0 Å². The van der Waals surface area contributed by atoms with Crippen LogP contribution < -0.4 is 4.74 Å². The lowest BCUT2D eigenvalue weighted by Crippen LogP contribution is -2.58. The molecule has 0 amide bonds. The maximum absolute atomic E-state index is 10.1. The highest BCUT2D eigenvalue weighted by atomic mass is 16.5. The first kappa shape index (κ1) is 14.0. The number of rotatable bonds is 0. The van der Waals surface area contributed by atoms with Gasteiger partial charge in [0.25, 0.3) is 0 Å². The summed E-state index contributed by atoms with van der Waals surface area (Å²) in [6.07, 6.45) is -0.149. The lowest BCUT2D eigenvalue weighted by molar-refractivity contribution is -0.117. The molecule has 5 nitrogen and oxygen atoms in total. The predicted octanol–water partition coefficient (Wildman–Crippen LogP) is 1.33. The second kappa shape index (κ2) is 4.45. The number of hydrogen-bond donors (Lipinski definition) is 0. The zero-order chi connectivity index (χ0) is 15.5. The molecule has 22 heavy (non-hydrogen) atoms. The summed E-state index contributed by atoms with van der Waals surface area (Å²) in [4.78, 5) is 4.32. The van der Waals surface area contributed by atoms with Gasteiger partial charge in [0.2, 0.25) is 0 Å². The van der Waals surface area contributed by atoms with Crippen molar-refractivity contribution in [1.29, 1.82) is 5.26 Å². The second-order valence-corrected chi connectivity index (χ2v) is 7.00. The van der Waals surface area contributed by atoms with Crippen molar-refractivity contribution in [1.82, 2.24) is 9.80 Å². The van der Waals surface area contributed by atoms with Crippen LogP contribution in [0.5, 0.6) is 5.75 Å². The largest absolute Gasteiger partial charge is 0.487 e. The summed E-state index contributed by atoms with van der Waals surface area (Å²) in [7, 11) is 4.08. The number of nitriles is 1. The first-order valence-corrected chi connectivity index (χ1v) is 7.71. The molecule has 2 saturated heterocycles. The van der Waals surface area contributed by atoms with Crippen molar-refractivity contribution >= 4 is 0 Å². The monoisotopic (exact) mass is 299 g/mol. The maximum atomic E-state index is 10.1. The number of fused-ring (bicyclic) bond motifs is 4. The molecule has 0 radical (unpaired) electrons. The molecule has 1 spiro atoms. The van der Waals surface area contributed by atoms with E-state index in [-0.39, 0.29) is 6.10 Å². The quantitative estimate of drug-likeness (QED) is 0.723. The SMILES string of the molecule is Cc1ccc2c(c1)[C@]1(CN(C)CO1)[C@@]1(C#N)CN(C)C[C@H]1O2. The Hall–Kier alpha value is -1.61. The zero-order valence-electron chi connectivity index (χ0n) is 13.3. The average molecular weight is 299 g/mol. The molecule has 1 aromatic carbocycles. The molecular weight excluding hydrogens is 278 g/mol. The van der Waals surface area contributed by atoms with E-state index in [4.69, 9.17) is 9.47 Å². The van der Waals surface area contributed by atoms with Crippen molar-refractivity contribution in [3.05, 3.63) is 29.3 Å². The number of benzene rings is 1. The highest BCUT2D eigenvalue weighted by Gasteiger charge is 2.68. The number of likely N-dealkylation sites (tertiary alicyclic amines) is 1. The molecule has 3 atom stereocenters. The Kier molecular flexibility index (Phi) is 2.83. The number of ether oxygens (including phenoxy) is 2. The highest BCUT2D eigenvalue weighted by molar-refractivity contribution is 5.49. The zero-order valence-corrected chi connectivity index (χ0v) is 13.3. The Balaban J connectivity index is 1.97. The van der Waals surface area contributed by atoms with Gasteiger partial charge in [0.15, 0.2) is 0 Å². The van der Waals surface area contributed by atoms with Gasteiger partial charge >= 0.3 is 0 Å². The van der Waals surface area contributed by atoms with Gasteiger partial charge in [0.05, 0.1) is 6.07 Å². The summed E-state index contributed by atoms with van der Waals surface area (Å²) < 4.78 is 12.6. The van der Waals surface area contributed by atoms with Crippen molar-refractivity contribution < 1.29 is 9.47 Å². The molecule has 0 aliphatic carbocycles. The van der Waals surface area contributed by atoms with Crippen molar-refractivity contribution in [3.8, 4) is 11.8 Å². The minimum atomic E-state index is -0.659. The molecule has 3 aliphatic rings. The molecule has 3 aliphatic heterocycles. The minimum Gasteiger partial charge on any atom is -0.487 e. The lowest BCUT2D eigenvalue weighted by atomic mass is 9.65. The van der Waals surface area contributed by atoms with Crippen LogP contribution in [0.4, 0.5) is 0 Å². The van der Waals surface area contributed by atoms with Gasteiger partial charge in [-0.15, -0.1) is 0 Å². The molecule has 116 valence electrons. The first-order valence-electron chi connectivity index (χ1n) is 7.71. The summed E-state index contributed by atoms with van der Waals surface area (Å²) in [5.41, 5.74) is 0.932. The van der Waals surface area contributed by atoms with Crippen LogP contribution in [0.1, 0.15) is 11.1 Å². The van der Waals surface area contributed by atoms with E-state index in [0.29, 0.717) is 13.3 Å². The van der Waals surface area contributed by atoms with Crippen molar-refractivity contribution in [2.75, 3.05) is 40.5 Å². The topological polar surface area (TPSA) is 48.7 Å². The summed E-state index contributed by atoms with van der Waals surface area (Å²) >= 11 is 0. The average Bonchev–Trinajstić information content (AvgIpc) is 3.03. The molecular formula is C17H21N3O2. The second-order valence-electron chi connectivity index (χ2n) is 7.00. The fraction of sp³-hybridized carbons (Fsp3) is 0.588. The molecule has 2 fully saturated rings. The van der Waals surface area contributed by atoms with Crippen LogP contribution in [-0.2, 0) is 10.3 Å². The van der Waals surface area contributed by atoms with Crippen LogP contribution in [0.3, 0.4) is 0 Å². The molecule has 4 rings (SSSR count). The van der Waals surface area contributed by atoms with Crippen molar-refractivity contribution in [2.45, 2.75) is 18.6 Å². The summed E-state index contributed by atoms with van der Waals surface area (Å²) in [6, 6.07) is 8.81. The van der Waals surface area contributed by atoms with Gasteiger partial charge < -0.3 is 14.4 Å². The van der Waals surface area contributed by atoms with Gasteiger partial charge in [-0.25, -0.2) is 0 Å². The van der Waals surface area contributed by atoms with Gasteiger partial charge in [-0.1, -0.05) is 11.6 Å². The molecule has 3 heterocycles. The number of aryl methyl sites for hydroxylation is 1. The van der Waals surface area contributed by atoms with E-state index in [1.165, 1.54) is 0 Å². The van der Waals surface area contributed by atoms with Gasteiger partial charge in [-0.2, -0.15) is 5.26 Å². The van der Waals surface area contributed by atoms with Gasteiger partial charge in [0.1, 0.15) is 29.6 Å². The Morgan fingerprint density at radius 3 is 2.77 bits per heavy atom. The third kappa shape index (κ3) is 1.58. The minimum absolute atomic E-state index is 0.149. The van der Waals surface area contributed by atoms with Crippen LogP contribution >= 0.6 is 0 Å². The Bertz CT molecular complexity index is 670. The standard InChI is InChI=1S/C17H21N3O2/c1-12-4-5-14-13(6-12)17(10-20(3)11-21-17)16(8-18)9-19(2)7-15(16)22-14/h4-6,15H,7,9-11H2,1-3H3/t15-,16+,17-/m1/s1. The Labute approximate surface area is 131 Å². The van der Waals surface area contributed by atoms with Gasteiger partial charge in [0, 0.05) is 25.2 Å². The van der Waals surface area contributed by atoms with Crippen LogP contribution in [-0.4, -0.2) is 56.4 Å². The van der Waals surface area contributed by atoms with Crippen LogP contribution in [0.15, 0.2) is 18.2 Å². The fourth-order valence-corrected chi connectivity index (χ4v) is 4.33. The molecule has 5 heteroatoms. The lowest BCUT2D eigenvalue weighted by Gasteiger charge is -2.47. The molecule has 0 saturated carbocycles. The molecule has 1 aromatic rings. The molecule has 0 unspecified atom stereocenters. The van der Waals surface area contributed by atoms with Crippen molar-refractivity contribution in [3.63, 3.8) is 0 Å². The smallest absolute Gasteiger partial charge is 0.142 e. The summed E-state index contributed by atoms with van der Waals surface area (Å²) in [6.45, 7) is 4.78. The van der Waals surface area contributed by atoms with Crippen LogP contribution in [0.25, 0.3) is 0 Å². The predicted molar refractivity (Wildman–Crippen MR) is 81.4 cm³/mol. The normalized spacial score (nSPS) is 37.6. The van der Waals surface area contributed by atoms with Crippen molar-refractivity contribution in [2.24, 2.45) is 5.41 Å². The van der Waals surface area contributed by atoms with E-state index in [1.54, 1.807) is 0 Å². The molecule has 0 N–H and O–H groups in total. The Morgan fingerprint density at radius 1 is 1.27 bits per heavy atom. The summed E-state index contributed by atoms with van der Waals surface area (Å²) in [5.74, 6) is 0.868.